The number of aliphatic hydroxyl groups is 1. The lowest BCUT2D eigenvalue weighted by molar-refractivity contribution is -0.120. The van der Waals surface area contributed by atoms with Crippen LogP contribution in [0.2, 0.25) is 0 Å². The molecule has 2 aliphatic rings. The first-order valence-electron chi connectivity index (χ1n) is 15.3. The Morgan fingerprint density at radius 1 is 1.10 bits per heavy atom. The van der Waals surface area contributed by atoms with E-state index in [0.29, 0.717) is 30.2 Å². The summed E-state index contributed by atoms with van der Waals surface area (Å²) in [4.78, 5) is 19.1. The fourth-order valence-electron chi connectivity index (χ4n) is 6.54. The summed E-state index contributed by atoms with van der Waals surface area (Å²) in [5, 5.41) is 24.7. The van der Waals surface area contributed by atoms with E-state index in [9.17, 15) is 15.2 Å². The summed E-state index contributed by atoms with van der Waals surface area (Å²) in [5.74, 6) is 1.28. The second kappa shape index (κ2) is 11.8. The van der Waals surface area contributed by atoms with Crippen LogP contribution >= 0.6 is 0 Å². The summed E-state index contributed by atoms with van der Waals surface area (Å²) >= 11 is 0. The van der Waals surface area contributed by atoms with E-state index in [1.807, 2.05) is 52.4 Å². The molecule has 2 saturated carbocycles. The molecule has 0 aliphatic heterocycles. The van der Waals surface area contributed by atoms with Crippen LogP contribution in [-0.4, -0.2) is 42.6 Å². The van der Waals surface area contributed by atoms with Crippen molar-refractivity contribution in [2.45, 2.75) is 95.8 Å². The third kappa shape index (κ3) is 5.51. The van der Waals surface area contributed by atoms with E-state index in [4.69, 9.17) is 14.8 Å². The molecule has 1 N–H and O–H groups in total. The molecular weight excluding hydrogens is 526 g/mol. The Bertz CT molecular complexity index is 1670. The Labute approximate surface area is 246 Å². The molecular formula is C34H39N5O3. The van der Waals surface area contributed by atoms with Gasteiger partial charge in [-0.3, -0.25) is 9.36 Å². The van der Waals surface area contributed by atoms with Crippen LogP contribution < -0.4 is 5.56 Å². The van der Waals surface area contributed by atoms with Gasteiger partial charge in [0.1, 0.15) is 5.82 Å². The third-order valence-corrected chi connectivity index (χ3v) is 9.05. The summed E-state index contributed by atoms with van der Waals surface area (Å²) in [6.45, 7) is 4.41. The quantitative estimate of drug-likeness (QED) is 0.279. The Balaban J connectivity index is 1.30. The lowest BCUT2D eigenvalue weighted by atomic mass is 9.81. The summed E-state index contributed by atoms with van der Waals surface area (Å²) < 4.78 is 9.91. The van der Waals surface area contributed by atoms with Gasteiger partial charge in [0.2, 0.25) is 5.78 Å². The molecule has 2 heterocycles. The number of fused-ring (bicyclic) bond motifs is 1. The van der Waals surface area contributed by atoms with Crippen molar-refractivity contribution in [1.29, 1.82) is 5.26 Å². The highest BCUT2D eigenvalue weighted by Crippen LogP contribution is 2.35. The van der Waals surface area contributed by atoms with E-state index >= 15 is 0 Å². The zero-order chi connectivity index (χ0) is 29.3. The van der Waals surface area contributed by atoms with Crippen molar-refractivity contribution in [2.24, 2.45) is 0 Å². The predicted octanol–water partition coefficient (Wildman–Crippen LogP) is 5.70. The molecule has 218 valence electrons. The topological polar surface area (TPSA) is 105 Å². The van der Waals surface area contributed by atoms with Crippen molar-refractivity contribution in [1.82, 2.24) is 19.2 Å². The largest absolute Gasteiger partial charge is 0.387 e. The third-order valence-electron chi connectivity index (χ3n) is 9.05. The number of benzene rings is 2. The summed E-state index contributed by atoms with van der Waals surface area (Å²) in [5.41, 5.74) is 4.64. The molecule has 0 atom stereocenters. The van der Waals surface area contributed by atoms with Gasteiger partial charge in [-0.1, -0.05) is 55.8 Å². The smallest absolute Gasteiger partial charge is 0.259 e. The fourth-order valence-corrected chi connectivity index (χ4v) is 6.54. The van der Waals surface area contributed by atoms with E-state index in [2.05, 4.69) is 25.1 Å². The average Bonchev–Trinajstić information content (AvgIpc) is 3.38. The summed E-state index contributed by atoms with van der Waals surface area (Å²) in [6, 6.07) is 18.1. The van der Waals surface area contributed by atoms with E-state index in [1.165, 1.54) is 0 Å². The highest BCUT2D eigenvalue weighted by molar-refractivity contribution is 5.70. The van der Waals surface area contributed by atoms with Gasteiger partial charge in [-0.15, -0.1) is 0 Å². The molecule has 0 amide bonds. The first kappa shape index (κ1) is 28.3. The molecule has 6 rings (SSSR count). The van der Waals surface area contributed by atoms with Crippen molar-refractivity contribution in [3.63, 3.8) is 0 Å². The van der Waals surface area contributed by atoms with Crippen LogP contribution in [-0.2, 0) is 17.6 Å². The van der Waals surface area contributed by atoms with E-state index in [0.717, 1.165) is 85.7 Å². The molecule has 8 heteroatoms. The van der Waals surface area contributed by atoms with Gasteiger partial charge in [-0.2, -0.15) is 15.3 Å². The second-order valence-corrected chi connectivity index (χ2v) is 12.1. The second-order valence-electron chi connectivity index (χ2n) is 12.1. The minimum absolute atomic E-state index is 0.0189. The average molecular weight is 566 g/mol. The normalized spacial score (nSPS) is 19.9. The molecule has 2 aromatic carbocycles. The van der Waals surface area contributed by atoms with Crippen LogP contribution in [0.3, 0.4) is 0 Å². The van der Waals surface area contributed by atoms with Crippen molar-refractivity contribution < 1.29 is 9.84 Å². The van der Waals surface area contributed by atoms with Gasteiger partial charge in [-0.25, -0.2) is 4.52 Å². The highest BCUT2D eigenvalue weighted by atomic mass is 16.5. The zero-order valence-electron chi connectivity index (χ0n) is 24.6. The first-order valence-corrected chi connectivity index (χ1v) is 15.3. The van der Waals surface area contributed by atoms with Gasteiger partial charge < -0.3 is 9.84 Å². The number of ether oxygens (including phenoxy) is 1. The van der Waals surface area contributed by atoms with Crippen LogP contribution in [0.1, 0.15) is 92.5 Å². The number of aromatic nitrogens is 4. The molecule has 0 saturated heterocycles. The van der Waals surface area contributed by atoms with Gasteiger partial charge in [-0.05, 0) is 81.0 Å². The number of hydrogen-bond acceptors (Lipinski definition) is 6. The molecule has 0 bridgehead atoms. The van der Waals surface area contributed by atoms with E-state index < -0.39 is 5.60 Å². The van der Waals surface area contributed by atoms with E-state index in [1.54, 1.807) is 0 Å². The molecule has 4 aromatic rings. The molecule has 2 fully saturated rings. The number of nitrogens with zero attached hydrogens (tertiary/aromatic N) is 5. The van der Waals surface area contributed by atoms with Gasteiger partial charge in [0.15, 0.2) is 0 Å². The lowest BCUT2D eigenvalue weighted by Crippen LogP contribution is -2.43. The predicted molar refractivity (Wildman–Crippen MR) is 161 cm³/mol. The fraction of sp³-hybridized carbons (Fsp3) is 0.471. The van der Waals surface area contributed by atoms with Crippen LogP contribution in [0.5, 0.6) is 0 Å². The maximum Gasteiger partial charge on any atom is 0.259 e. The maximum atomic E-state index is 14.3. The van der Waals surface area contributed by atoms with Crippen LogP contribution in [0.4, 0.5) is 0 Å². The minimum Gasteiger partial charge on any atom is -0.387 e. The minimum atomic E-state index is -0.639. The van der Waals surface area contributed by atoms with Gasteiger partial charge >= 0.3 is 0 Å². The summed E-state index contributed by atoms with van der Waals surface area (Å²) in [6.07, 6.45) is 8.31. The number of aryl methyl sites for hydroxylation is 2. The van der Waals surface area contributed by atoms with Crippen molar-refractivity contribution in [3.05, 3.63) is 87.1 Å². The van der Waals surface area contributed by atoms with Crippen LogP contribution in [0.25, 0.3) is 16.9 Å². The summed E-state index contributed by atoms with van der Waals surface area (Å²) in [7, 11) is 0. The zero-order valence-corrected chi connectivity index (χ0v) is 24.6. The first-order chi connectivity index (χ1) is 20.4. The lowest BCUT2D eigenvalue weighted by Gasteiger charge is -2.38. The Kier molecular flexibility index (Phi) is 7.98. The Morgan fingerprint density at radius 3 is 2.50 bits per heavy atom. The monoisotopic (exact) mass is 565 g/mol. The Morgan fingerprint density at radius 2 is 1.83 bits per heavy atom. The maximum absolute atomic E-state index is 14.3. The molecule has 2 aliphatic carbocycles. The van der Waals surface area contributed by atoms with Crippen LogP contribution in [0, 0.1) is 18.3 Å². The number of nitriles is 1. The molecule has 0 radical (unpaired) electrons. The number of hydrogen-bond donors (Lipinski definition) is 1. The van der Waals surface area contributed by atoms with Crippen molar-refractivity contribution in [2.75, 3.05) is 6.61 Å². The van der Waals surface area contributed by atoms with Gasteiger partial charge in [0.25, 0.3) is 5.56 Å². The molecule has 0 spiro atoms. The van der Waals surface area contributed by atoms with Crippen LogP contribution in [0.15, 0.2) is 53.3 Å². The molecule has 8 nitrogen and oxygen atoms in total. The van der Waals surface area contributed by atoms with Gasteiger partial charge in [0.05, 0.1) is 35.6 Å². The molecule has 2 aromatic heterocycles. The van der Waals surface area contributed by atoms with Gasteiger partial charge in [0, 0.05) is 18.0 Å². The standard InChI is InChI=1S/C34H39N5O3/c1-3-7-31-30(20-24-10-12-25(13-11-24)29-9-5-4-8-26(29)21-35)32(40)38(33-36-23(2)37-39(31)33)27-14-16-28(17-15-27)42-22-34(41)18-6-19-34/h4-5,8-13,27-28,41H,3,6-7,14-20,22H2,1-2H3. The molecule has 0 unspecified atom stereocenters. The molecule has 42 heavy (non-hydrogen) atoms. The van der Waals surface area contributed by atoms with E-state index in [-0.39, 0.29) is 17.7 Å². The SMILES string of the molecule is CCCc1c(Cc2ccc(-c3ccccc3C#N)cc2)c(=O)n(C2CCC(OCC3(O)CCC3)CC2)c2nc(C)nn12. The highest BCUT2D eigenvalue weighted by Gasteiger charge is 2.36. The van der Waals surface area contributed by atoms with Crippen molar-refractivity contribution >= 4 is 5.78 Å². The van der Waals surface area contributed by atoms with Crippen molar-refractivity contribution in [3.8, 4) is 17.2 Å². The number of rotatable bonds is 9. The Hall–Kier alpha value is -3.80.